The van der Waals surface area contributed by atoms with Crippen molar-refractivity contribution in [3.8, 4) is 5.75 Å². The molecule has 1 N–H and O–H groups in total. The molecule has 1 aromatic carbocycles. The lowest BCUT2D eigenvalue weighted by Gasteiger charge is -2.37. The summed E-state index contributed by atoms with van der Waals surface area (Å²) in [7, 11) is 5.28. The van der Waals surface area contributed by atoms with Gasteiger partial charge in [-0.05, 0) is 36.0 Å². The van der Waals surface area contributed by atoms with Crippen LogP contribution in [0.2, 0.25) is 0 Å². The topological polar surface area (TPSA) is 57.2 Å². The minimum absolute atomic E-state index is 0. The number of hydrogen-bond acceptors (Lipinski definition) is 3. The van der Waals surface area contributed by atoms with Crippen LogP contribution in [0, 0.1) is 11.8 Å². The Morgan fingerprint density at radius 3 is 2.56 bits per heavy atom. The van der Waals surface area contributed by atoms with Gasteiger partial charge in [-0.15, -0.1) is 24.0 Å². The predicted molar refractivity (Wildman–Crippen MR) is 121 cm³/mol. The van der Waals surface area contributed by atoms with E-state index >= 15 is 0 Å². The Morgan fingerprint density at radius 1 is 1.30 bits per heavy atom. The van der Waals surface area contributed by atoms with E-state index in [1.807, 2.05) is 31.3 Å². The highest BCUT2D eigenvalue weighted by molar-refractivity contribution is 14.0. The number of likely N-dealkylation sites (N-methyl/N-ethyl adjacent to an activating group) is 1. The van der Waals surface area contributed by atoms with E-state index in [1.165, 1.54) is 11.3 Å². The van der Waals surface area contributed by atoms with Gasteiger partial charge in [-0.2, -0.15) is 0 Å². The Hall–Kier alpha value is -1.51. The Kier molecular flexibility index (Phi) is 9.90. The van der Waals surface area contributed by atoms with Gasteiger partial charge in [0.15, 0.2) is 12.6 Å². The summed E-state index contributed by atoms with van der Waals surface area (Å²) in [5, 5.41) is 3.45. The predicted octanol–water partition coefficient (Wildman–Crippen LogP) is 2.82. The van der Waals surface area contributed by atoms with E-state index in [0.29, 0.717) is 24.1 Å². The third-order valence-electron chi connectivity index (χ3n) is 4.59. The summed E-state index contributed by atoms with van der Waals surface area (Å²) in [6.45, 7) is 7.40. The molecular formula is C20H33IN4O2. The van der Waals surface area contributed by atoms with Crippen molar-refractivity contribution in [1.29, 1.82) is 0 Å². The molecule has 1 amide bonds. The minimum atomic E-state index is -0.0535. The van der Waals surface area contributed by atoms with Crippen molar-refractivity contribution in [3.63, 3.8) is 0 Å². The van der Waals surface area contributed by atoms with Gasteiger partial charge in [0.05, 0.1) is 0 Å². The minimum Gasteiger partial charge on any atom is -0.484 e. The number of piperidine rings is 1. The number of likely N-dealkylation sites (tertiary alicyclic amines) is 1. The zero-order valence-corrected chi connectivity index (χ0v) is 19.4. The summed E-state index contributed by atoms with van der Waals surface area (Å²) < 4.78 is 5.59. The fraction of sp³-hybridized carbons (Fsp3) is 0.600. The van der Waals surface area contributed by atoms with E-state index in [9.17, 15) is 4.79 Å². The number of carbonyl (C=O) groups excluding carboxylic acids is 1. The number of aliphatic imine (C=N–C) groups is 1. The smallest absolute Gasteiger partial charge is 0.259 e. The average molecular weight is 488 g/mol. The number of amides is 1. The highest BCUT2D eigenvalue weighted by Gasteiger charge is 2.23. The molecule has 0 aromatic heterocycles. The molecule has 6 nitrogen and oxygen atoms in total. The number of carbonyl (C=O) groups is 1. The fourth-order valence-corrected chi connectivity index (χ4v) is 3.37. The zero-order valence-electron chi connectivity index (χ0n) is 17.1. The number of halogens is 1. The first-order valence-electron chi connectivity index (χ1n) is 9.26. The molecular weight excluding hydrogens is 455 g/mol. The van der Waals surface area contributed by atoms with Crippen molar-refractivity contribution in [2.24, 2.45) is 16.8 Å². The first-order valence-corrected chi connectivity index (χ1v) is 9.26. The van der Waals surface area contributed by atoms with Crippen LogP contribution in [0.15, 0.2) is 29.3 Å². The molecule has 1 aromatic rings. The van der Waals surface area contributed by atoms with Crippen molar-refractivity contribution in [2.75, 3.05) is 40.8 Å². The monoisotopic (exact) mass is 488 g/mol. The van der Waals surface area contributed by atoms with E-state index < -0.39 is 0 Å². The molecule has 1 fully saturated rings. The van der Waals surface area contributed by atoms with Crippen LogP contribution in [-0.4, -0.2) is 62.5 Å². The lowest BCUT2D eigenvalue weighted by Crippen LogP contribution is -2.48. The molecule has 1 saturated heterocycles. The molecule has 2 atom stereocenters. The molecule has 1 aliphatic heterocycles. The number of ether oxygens (including phenoxy) is 1. The molecule has 0 spiro atoms. The maximum absolute atomic E-state index is 11.7. The van der Waals surface area contributed by atoms with Crippen LogP contribution < -0.4 is 10.1 Å². The molecule has 1 heterocycles. The van der Waals surface area contributed by atoms with Gasteiger partial charge >= 0.3 is 0 Å². The molecule has 0 bridgehead atoms. The second kappa shape index (κ2) is 11.4. The van der Waals surface area contributed by atoms with Gasteiger partial charge in [-0.3, -0.25) is 9.79 Å². The number of nitrogens with zero attached hydrogens (tertiary/aromatic N) is 3. The van der Waals surface area contributed by atoms with Crippen molar-refractivity contribution in [1.82, 2.24) is 15.1 Å². The summed E-state index contributed by atoms with van der Waals surface area (Å²) in [5.74, 6) is 2.96. The lowest BCUT2D eigenvalue weighted by atomic mass is 9.92. The maximum Gasteiger partial charge on any atom is 0.259 e. The fourth-order valence-electron chi connectivity index (χ4n) is 3.37. The Labute approximate surface area is 180 Å². The van der Waals surface area contributed by atoms with Crippen LogP contribution in [0.4, 0.5) is 0 Å². The van der Waals surface area contributed by atoms with Crippen LogP contribution in [0.25, 0.3) is 0 Å². The molecule has 1 aliphatic rings. The van der Waals surface area contributed by atoms with Gasteiger partial charge in [0.2, 0.25) is 0 Å². The number of nitrogens with one attached hydrogen (secondary N) is 1. The first kappa shape index (κ1) is 23.5. The van der Waals surface area contributed by atoms with E-state index in [-0.39, 0.29) is 36.5 Å². The van der Waals surface area contributed by atoms with E-state index in [1.54, 1.807) is 14.1 Å². The highest BCUT2D eigenvalue weighted by atomic mass is 127. The van der Waals surface area contributed by atoms with Crippen molar-refractivity contribution in [2.45, 2.75) is 26.8 Å². The van der Waals surface area contributed by atoms with Gasteiger partial charge in [-0.1, -0.05) is 26.0 Å². The quantitative estimate of drug-likeness (QED) is 0.394. The van der Waals surface area contributed by atoms with Crippen LogP contribution >= 0.6 is 24.0 Å². The molecule has 27 heavy (non-hydrogen) atoms. The Bertz CT molecular complexity index is 626. The SMILES string of the molecule is CN=C(NCc1cccc(OCC(=O)N(C)C)c1)N1CC(C)CC(C)C1.I. The van der Waals surface area contributed by atoms with Crippen LogP contribution in [0.3, 0.4) is 0 Å². The van der Waals surface area contributed by atoms with Crippen molar-refractivity contribution < 1.29 is 9.53 Å². The molecule has 0 radical (unpaired) electrons. The zero-order chi connectivity index (χ0) is 19.1. The molecule has 0 aliphatic carbocycles. The number of guanidine groups is 1. The summed E-state index contributed by atoms with van der Waals surface area (Å²) in [4.78, 5) is 20.0. The number of benzene rings is 1. The van der Waals surface area contributed by atoms with Gasteiger partial charge < -0.3 is 19.9 Å². The standard InChI is InChI=1S/C20H32N4O2.HI/c1-15-9-16(2)13-24(12-15)20(21-3)22-11-17-7-6-8-18(10-17)26-14-19(25)23(4)5;/h6-8,10,15-16H,9,11-14H2,1-5H3,(H,21,22);1H. The Morgan fingerprint density at radius 2 is 1.96 bits per heavy atom. The van der Waals surface area contributed by atoms with E-state index in [4.69, 9.17) is 4.74 Å². The van der Waals surface area contributed by atoms with Crippen LogP contribution in [0.1, 0.15) is 25.8 Å². The second-order valence-corrected chi connectivity index (χ2v) is 7.48. The molecule has 0 saturated carbocycles. The third-order valence-corrected chi connectivity index (χ3v) is 4.59. The van der Waals surface area contributed by atoms with Gasteiger partial charge in [0, 0.05) is 40.8 Å². The maximum atomic E-state index is 11.7. The highest BCUT2D eigenvalue weighted by Crippen LogP contribution is 2.21. The normalized spacial score (nSPS) is 19.9. The lowest BCUT2D eigenvalue weighted by molar-refractivity contribution is -0.130. The van der Waals surface area contributed by atoms with E-state index in [2.05, 4.69) is 29.1 Å². The largest absolute Gasteiger partial charge is 0.484 e. The van der Waals surface area contributed by atoms with Crippen LogP contribution in [-0.2, 0) is 11.3 Å². The summed E-state index contributed by atoms with van der Waals surface area (Å²) in [6.07, 6.45) is 1.28. The molecule has 7 heteroatoms. The number of hydrogen-bond donors (Lipinski definition) is 1. The van der Waals surface area contributed by atoms with Crippen LogP contribution in [0.5, 0.6) is 5.75 Å². The Balaban J connectivity index is 0.00000364. The van der Waals surface area contributed by atoms with E-state index in [0.717, 1.165) is 24.6 Å². The van der Waals surface area contributed by atoms with Gasteiger partial charge in [0.25, 0.3) is 5.91 Å². The molecule has 2 unspecified atom stereocenters. The third kappa shape index (κ3) is 7.56. The molecule has 2 rings (SSSR count). The van der Waals surface area contributed by atoms with Gasteiger partial charge in [-0.25, -0.2) is 0 Å². The van der Waals surface area contributed by atoms with Crippen molar-refractivity contribution >= 4 is 35.8 Å². The van der Waals surface area contributed by atoms with Crippen molar-refractivity contribution in [3.05, 3.63) is 29.8 Å². The second-order valence-electron chi connectivity index (χ2n) is 7.48. The van der Waals surface area contributed by atoms with Gasteiger partial charge in [0.1, 0.15) is 5.75 Å². The summed E-state index contributed by atoms with van der Waals surface area (Å²) in [5.41, 5.74) is 1.10. The number of rotatable bonds is 5. The first-order chi connectivity index (χ1) is 12.4. The summed E-state index contributed by atoms with van der Waals surface area (Å²) in [6, 6.07) is 7.82. The average Bonchev–Trinajstić information content (AvgIpc) is 2.59. The summed E-state index contributed by atoms with van der Waals surface area (Å²) >= 11 is 0. The molecule has 152 valence electrons.